The Morgan fingerprint density at radius 2 is 1.32 bits per heavy atom. The van der Waals surface area contributed by atoms with Crippen LogP contribution < -0.4 is 5.32 Å². The van der Waals surface area contributed by atoms with E-state index in [2.05, 4.69) is 68.6 Å². The second-order valence-corrected chi connectivity index (χ2v) is 13.1. The van der Waals surface area contributed by atoms with Crippen molar-refractivity contribution in [2.24, 2.45) is 0 Å². The van der Waals surface area contributed by atoms with Crippen molar-refractivity contribution in [3.8, 4) is 33.6 Å². The van der Waals surface area contributed by atoms with Crippen molar-refractivity contribution in [3.05, 3.63) is 108 Å². The van der Waals surface area contributed by atoms with E-state index in [4.69, 9.17) is 9.47 Å². The lowest BCUT2D eigenvalue weighted by Crippen LogP contribution is -2.43. The van der Waals surface area contributed by atoms with Gasteiger partial charge in [0.15, 0.2) is 0 Å². The topological polar surface area (TPSA) is 146 Å². The first kappa shape index (κ1) is 37.0. The molecule has 1 saturated heterocycles. The number of alkyl carbamates (subject to hydrolysis) is 1. The van der Waals surface area contributed by atoms with Gasteiger partial charge in [-0.05, 0) is 53.5 Å². The summed E-state index contributed by atoms with van der Waals surface area (Å²) in [6.07, 6.45) is 5.87. The molecule has 53 heavy (non-hydrogen) atoms. The summed E-state index contributed by atoms with van der Waals surface area (Å²) in [5.41, 5.74) is 6.51. The van der Waals surface area contributed by atoms with Crippen molar-refractivity contribution in [1.29, 1.82) is 0 Å². The molecule has 3 N–H and O–H groups in total. The van der Waals surface area contributed by atoms with E-state index in [9.17, 15) is 14.4 Å². The Labute approximate surface area is 309 Å². The van der Waals surface area contributed by atoms with E-state index in [0.717, 1.165) is 65.1 Å². The average Bonchev–Trinajstić information content (AvgIpc) is 4.00. The number of aromatic nitrogens is 4. The van der Waals surface area contributed by atoms with Crippen molar-refractivity contribution >= 4 is 17.9 Å². The van der Waals surface area contributed by atoms with Crippen LogP contribution in [0.15, 0.2) is 91.3 Å². The second-order valence-electron chi connectivity index (χ2n) is 13.1. The molecular formula is C41H47N7O5. The van der Waals surface area contributed by atoms with E-state index in [0.29, 0.717) is 37.6 Å². The third-order valence-electron chi connectivity index (χ3n) is 9.31. The van der Waals surface area contributed by atoms with Crippen LogP contribution in [-0.2, 0) is 32.2 Å². The molecule has 1 fully saturated rings. The summed E-state index contributed by atoms with van der Waals surface area (Å²) in [6.45, 7) is 6.55. The molecule has 0 radical (unpaired) electrons. The van der Waals surface area contributed by atoms with Crippen LogP contribution in [0, 0.1) is 0 Å². The van der Waals surface area contributed by atoms with E-state index < -0.39 is 12.1 Å². The standard InChI is InChI=1S/C41H47N7O5/c1-4-21-47(39(49)35-12-9-23-53-35)26-36-42-24-33(44-36)30-17-13-28(14-18-30)29-15-19-31(20-16-29)34-25-43-37(45-34)27-48(22-5-2)40(50)38(46-41(51)52-3)32-10-7-6-8-11-32/h6-8,10-11,13-20,24-25,35,38H,4-5,9,12,21-23,26-27H2,1-3H3,(H,42,44)(H,43,45)(H,46,51). The highest BCUT2D eigenvalue weighted by molar-refractivity contribution is 5.87. The maximum Gasteiger partial charge on any atom is 0.407 e. The number of carbonyl (C=O) groups excluding carboxylic acids is 3. The van der Waals surface area contributed by atoms with Gasteiger partial charge < -0.3 is 34.6 Å². The SMILES string of the molecule is CCCN(Cc1ncc(-c2ccc(-c3ccc(-c4cnc(CN(CCC)C(=O)C(NC(=O)OC)c5ccccc5)[nH]4)cc3)cc2)[nH]1)C(=O)C1CCCO1. The lowest BCUT2D eigenvalue weighted by molar-refractivity contribution is -0.141. The number of amides is 3. The van der Waals surface area contributed by atoms with Crippen LogP contribution in [-0.4, -0.2) is 80.6 Å². The van der Waals surface area contributed by atoms with E-state index in [1.54, 1.807) is 11.1 Å². The van der Waals surface area contributed by atoms with Gasteiger partial charge in [0.05, 0.1) is 44.0 Å². The van der Waals surface area contributed by atoms with Gasteiger partial charge in [-0.2, -0.15) is 0 Å². The molecule has 0 aliphatic carbocycles. The third kappa shape index (κ3) is 9.19. The number of ether oxygens (including phenoxy) is 2. The molecule has 3 amide bonds. The van der Waals surface area contributed by atoms with E-state index in [1.165, 1.54) is 7.11 Å². The lowest BCUT2D eigenvalue weighted by atomic mass is 10.0. The van der Waals surface area contributed by atoms with Gasteiger partial charge in [-0.1, -0.05) is 92.7 Å². The zero-order valence-corrected chi connectivity index (χ0v) is 30.5. The Hall–Kier alpha value is -5.75. The molecule has 12 nitrogen and oxygen atoms in total. The zero-order chi connectivity index (χ0) is 37.2. The number of H-pyrrole nitrogens is 2. The fraction of sp³-hybridized carbons (Fsp3) is 0.341. The summed E-state index contributed by atoms with van der Waals surface area (Å²) in [6, 6.07) is 24.8. The molecule has 0 spiro atoms. The first-order chi connectivity index (χ1) is 25.9. The number of benzene rings is 3. The normalized spacial score (nSPS) is 14.4. The first-order valence-electron chi connectivity index (χ1n) is 18.2. The molecule has 0 saturated carbocycles. The van der Waals surface area contributed by atoms with E-state index in [-0.39, 0.29) is 24.5 Å². The Morgan fingerprint density at radius 3 is 1.83 bits per heavy atom. The number of nitrogens with one attached hydrogen (secondary N) is 3. The molecular weight excluding hydrogens is 670 g/mol. The fourth-order valence-corrected chi connectivity index (χ4v) is 6.57. The van der Waals surface area contributed by atoms with Crippen LogP contribution in [0.3, 0.4) is 0 Å². The number of rotatable bonds is 15. The van der Waals surface area contributed by atoms with Crippen LogP contribution in [0.2, 0.25) is 0 Å². The van der Waals surface area contributed by atoms with Crippen LogP contribution in [0.5, 0.6) is 0 Å². The summed E-state index contributed by atoms with van der Waals surface area (Å²) in [7, 11) is 1.28. The molecule has 0 bridgehead atoms. The molecule has 2 aromatic heterocycles. The number of hydrogen-bond donors (Lipinski definition) is 3. The highest BCUT2D eigenvalue weighted by Gasteiger charge is 2.29. The Kier molecular flexibility index (Phi) is 12.3. The Morgan fingerprint density at radius 1 is 0.792 bits per heavy atom. The Bertz CT molecular complexity index is 1950. The van der Waals surface area contributed by atoms with Gasteiger partial charge in [0.1, 0.15) is 23.8 Å². The van der Waals surface area contributed by atoms with Crippen LogP contribution in [0.1, 0.15) is 62.8 Å². The van der Waals surface area contributed by atoms with E-state index in [1.807, 2.05) is 60.5 Å². The molecule has 276 valence electrons. The van der Waals surface area contributed by atoms with Crippen molar-refractivity contribution in [2.45, 2.75) is 64.8 Å². The maximum absolute atomic E-state index is 13.8. The average molecular weight is 718 g/mol. The van der Waals surface area contributed by atoms with Gasteiger partial charge in [0, 0.05) is 19.7 Å². The van der Waals surface area contributed by atoms with Gasteiger partial charge in [-0.15, -0.1) is 0 Å². The highest BCUT2D eigenvalue weighted by atomic mass is 16.5. The minimum Gasteiger partial charge on any atom is -0.453 e. The van der Waals surface area contributed by atoms with Crippen LogP contribution >= 0.6 is 0 Å². The summed E-state index contributed by atoms with van der Waals surface area (Å²) >= 11 is 0. The molecule has 3 aromatic carbocycles. The molecule has 1 aliphatic rings. The molecule has 6 rings (SSSR count). The summed E-state index contributed by atoms with van der Waals surface area (Å²) in [5, 5.41) is 2.69. The van der Waals surface area contributed by atoms with E-state index >= 15 is 0 Å². The van der Waals surface area contributed by atoms with Crippen molar-refractivity contribution in [2.75, 3.05) is 26.8 Å². The highest BCUT2D eigenvalue weighted by Crippen LogP contribution is 2.27. The van der Waals surface area contributed by atoms with Crippen molar-refractivity contribution < 1.29 is 23.9 Å². The number of imidazole rings is 2. The molecule has 2 unspecified atom stereocenters. The largest absolute Gasteiger partial charge is 0.453 e. The summed E-state index contributed by atoms with van der Waals surface area (Å²) in [5.74, 6) is 1.18. The smallest absolute Gasteiger partial charge is 0.407 e. The number of nitrogens with zero attached hydrogens (tertiary/aromatic N) is 4. The van der Waals surface area contributed by atoms with Crippen LogP contribution in [0.4, 0.5) is 4.79 Å². The predicted molar refractivity (Wildman–Crippen MR) is 202 cm³/mol. The number of carbonyl (C=O) groups is 3. The molecule has 12 heteroatoms. The monoisotopic (exact) mass is 717 g/mol. The number of hydrogen-bond acceptors (Lipinski definition) is 7. The number of aromatic amines is 2. The third-order valence-corrected chi connectivity index (χ3v) is 9.31. The lowest BCUT2D eigenvalue weighted by Gasteiger charge is -2.27. The van der Waals surface area contributed by atoms with Gasteiger partial charge in [0.25, 0.3) is 5.91 Å². The second kappa shape index (κ2) is 17.6. The van der Waals surface area contributed by atoms with Gasteiger partial charge in [-0.25, -0.2) is 14.8 Å². The Balaban J connectivity index is 1.09. The molecule has 5 aromatic rings. The molecule has 1 aliphatic heterocycles. The summed E-state index contributed by atoms with van der Waals surface area (Å²) < 4.78 is 10.4. The molecule has 3 heterocycles. The van der Waals surface area contributed by atoms with Gasteiger partial charge in [0.2, 0.25) is 5.91 Å². The number of methoxy groups -OCH3 is 1. The van der Waals surface area contributed by atoms with Crippen molar-refractivity contribution in [3.63, 3.8) is 0 Å². The van der Waals surface area contributed by atoms with Gasteiger partial charge >= 0.3 is 6.09 Å². The first-order valence-corrected chi connectivity index (χ1v) is 18.2. The minimum absolute atomic E-state index is 0.0415. The maximum atomic E-state index is 13.8. The minimum atomic E-state index is -0.890. The summed E-state index contributed by atoms with van der Waals surface area (Å²) in [4.78, 5) is 58.4. The fourth-order valence-electron chi connectivity index (χ4n) is 6.57. The van der Waals surface area contributed by atoms with Crippen LogP contribution in [0.25, 0.3) is 33.6 Å². The quantitative estimate of drug-likeness (QED) is 0.107. The zero-order valence-electron chi connectivity index (χ0n) is 30.5. The van der Waals surface area contributed by atoms with Gasteiger partial charge in [-0.3, -0.25) is 9.59 Å². The van der Waals surface area contributed by atoms with Crippen molar-refractivity contribution in [1.82, 2.24) is 35.1 Å². The predicted octanol–water partition coefficient (Wildman–Crippen LogP) is 6.89. The molecule has 2 atom stereocenters.